The Kier molecular flexibility index (Phi) is 4.83. The average Bonchev–Trinajstić information content (AvgIpc) is 3.39. The molecule has 0 aliphatic carbocycles. The smallest absolute Gasteiger partial charge is 0.358 e. The Morgan fingerprint density at radius 1 is 1.18 bits per heavy atom. The molecule has 0 saturated carbocycles. The molecule has 28 heavy (non-hydrogen) atoms. The molecule has 0 radical (unpaired) electrons. The molecular formula is C18H19N7O3. The highest BCUT2D eigenvalue weighted by atomic mass is 16.4. The van der Waals surface area contributed by atoms with E-state index < -0.39 is 5.97 Å². The molecule has 1 amide bonds. The first-order valence-electron chi connectivity index (χ1n) is 8.99. The van der Waals surface area contributed by atoms with Crippen LogP contribution in [0.4, 0.5) is 0 Å². The zero-order chi connectivity index (χ0) is 19.5. The number of aromatic carboxylic acids is 1. The minimum atomic E-state index is -1.17. The van der Waals surface area contributed by atoms with E-state index in [-0.39, 0.29) is 24.1 Å². The fourth-order valence-corrected chi connectivity index (χ4v) is 3.29. The van der Waals surface area contributed by atoms with Crippen LogP contribution in [-0.4, -0.2) is 65.1 Å². The minimum absolute atomic E-state index is 0.0224. The SMILES string of the molecule is O=C(O)c1cn(CC(=O)N2CCC(c3nc(-c4ccccc4)n[nH]3)CC2)nn1. The van der Waals surface area contributed by atoms with E-state index in [1.807, 2.05) is 30.3 Å². The maximum absolute atomic E-state index is 12.4. The van der Waals surface area contributed by atoms with E-state index in [1.54, 1.807) is 4.90 Å². The molecule has 0 bridgehead atoms. The van der Waals surface area contributed by atoms with Crippen molar-refractivity contribution >= 4 is 11.9 Å². The summed E-state index contributed by atoms with van der Waals surface area (Å²) < 4.78 is 1.25. The molecule has 0 unspecified atom stereocenters. The fourth-order valence-electron chi connectivity index (χ4n) is 3.29. The molecule has 1 aliphatic heterocycles. The molecular weight excluding hydrogens is 362 g/mol. The third-order valence-electron chi connectivity index (χ3n) is 4.82. The lowest BCUT2D eigenvalue weighted by molar-refractivity contribution is -0.133. The average molecular weight is 381 g/mol. The molecule has 144 valence electrons. The summed E-state index contributed by atoms with van der Waals surface area (Å²) in [5.41, 5.74) is 0.789. The Hall–Kier alpha value is -3.56. The highest BCUT2D eigenvalue weighted by Crippen LogP contribution is 2.27. The Morgan fingerprint density at radius 2 is 1.93 bits per heavy atom. The van der Waals surface area contributed by atoms with Crippen molar-refractivity contribution in [3.05, 3.63) is 48.0 Å². The third-order valence-corrected chi connectivity index (χ3v) is 4.82. The molecule has 3 aromatic rings. The number of carbonyl (C=O) groups excluding carboxylic acids is 1. The highest BCUT2D eigenvalue weighted by Gasteiger charge is 2.26. The second-order valence-electron chi connectivity index (χ2n) is 6.67. The first kappa shape index (κ1) is 17.8. The van der Waals surface area contributed by atoms with Gasteiger partial charge in [-0.15, -0.1) is 5.10 Å². The number of carboxylic acids is 1. The molecule has 1 aromatic carbocycles. The maximum Gasteiger partial charge on any atom is 0.358 e. The summed E-state index contributed by atoms with van der Waals surface area (Å²) in [7, 11) is 0. The van der Waals surface area contributed by atoms with Crippen molar-refractivity contribution < 1.29 is 14.7 Å². The number of carboxylic acid groups (broad SMARTS) is 1. The predicted molar refractivity (Wildman–Crippen MR) is 97.4 cm³/mol. The summed E-state index contributed by atoms with van der Waals surface area (Å²) in [4.78, 5) is 29.6. The van der Waals surface area contributed by atoms with E-state index in [1.165, 1.54) is 10.9 Å². The number of aromatic amines is 1. The zero-order valence-corrected chi connectivity index (χ0v) is 15.0. The van der Waals surface area contributed by atoms with Gasteiger partial charge in [0.2, 0.25) is 5.91 Å². The van der Waals surface area contributed by atoms with Gasteiger partial charge in [0.25, 0.3) is 0 Å². The molecule has 1 fully saturated rings. The molecule has 2 N–H and O–H groups in total. The van der Waals surface area contributed by atoms with E-state index >= 15 is 0 Å². The molecule has 1 saturated heterocycles. The summed E-state index contributed by atoms with van der Waals surface area (Å²) in [5, 5.41) is 23.4. The van der Waals surface area contributed by atoms with Gasteiger partial charge in [-0.1, -0.05) is 35.5 Å². The first-order valence-corrected chi connectivity index (χ1v) is 8.99. The van der Waals surface area contributed by atoms with Gasteiger partial charge in [-0.25, -0.2) is 14.5 Å². The summed E-state index contributed by atoms with van der Waals surface area (Å²) in [6.45, 7) is 1.18. The molecule has 3 heterocycles. The molecule has 0 spiro atoms. The van der Waals surface area contributed by atoms with E-state index in [9.17, 15) is 9.59 Å². The Labute approximate surface area is 160 Å². The van der Waals surface area contributed by atoms with Crippen molar-refractivity contribution in [1.29, 1.82) is 0 Å². The molecule has 10 heteroatoms. The number of nitrogens with one attached hydrogen (secondary N) is 1. The lowest BCUT2D eigenvalue weighted by Crippen LogP contribution is -2.40. The van der Waals surface area contributed by atoms with Gasteiger partial charge in [-0.2, -0.15) is 5.10 Å². The van der Waals surface area contributed by atoms with Gasteiger partial charge in [0.05, 0.1) is 6.20 Å². The van der Waals surface area contributed by atoms with Crippen LogP contribution in [0.2, 0.25) is 0 Å². The van der Waals surface area contributed by atoms with E-state index in [0.29, 0.717) is 18.9 Å². The number of piperidine rings is 1. The van der Waals surface area contributed by atoms with Crippen molar-refractivity contribution in [3.63, 3.8) is 0 Å². The first-order chi connectivity index (χ1) is 13.6. The number of nitrogens with zero attached hydrogens (tertiary/aromatic N) is 6. The number of hydrogen-bond acceptors (Lipinski definition) is 6. The summed E-state index contributed by atoms with van der Waals surface area (Å²) in [6.07, 6.45) is 2.83. The molecule has 0 atom stereocenters. The lowest BCUT2D eigenvalue weighted by atomic mass is 9.96. The summed E-state index contributed by atoms with van der Waals surface area (Å²) in [5.74, 6) is 0.464. The molecule has 2 aromatic heterocycles. The number of benzene rings is 1. The van der Waals surface area contributed by atoms with E-state index in [2.05, 4.69) is 25.5 Å². The largest absolute Gasteiger partial charge is 0.476 e. The van der Waals surface area contributed by atoms with Crippen molar-refractivity contribution in [2.45, 2.75) is 25.3 Å². The van der Waals surface area contributed by atoms with Gasteiger partial charge in [-0.05, 0) is 12.8 Å². The Balaban J connectivity index is 1.33. The topological polar surface area (TPSA) is 130 Å². The number of H-pyrrole nitrogens is 1. The molecule has 4 rings (SSSR count). The van der Waals surface area contributed by atoms with Crippen LogP contribution in [0.5, 0.6) is 0 Å². The van der Waals surface area contributed by atoms with Crippen LogP contribution >= 0.6 is 0 Å². The second-order valence-corrected chi connectivity index (χ2v) is 6.67. The van der Waals surface area contributed by atoms with Gasteiger partial charge in [0, 0.05) is 24.6 Å². The molecule has 1 aliphatic rings. The van der Waals surface area contributed by atoms with Crippen molar-refractivity contribution in [3.8, 4) is 11.4 Å². The van der Waals surface area contributed by atoms with E-state index in [0.717, 1.165) is 24.2 Å². The number of aromatic nitrogens is 6. The Morgan fingerprint density at radius 3 is 2.61 bits per heavy atom. The van der Waals surface area contributed by atoms with Crippen LogP contribution in [0.1, 0.15) is 35.1 Å². The van der Waals surface area contributed by atoms with Gasteiger partial charge in [-0.3, -0.25) is 9.89 Å². The maximum atomic E-state index is 12.4. The monoisotopic (exact) mass is 381 g/mol. The van der Waals surface area contributed by atoms with Gasteiger partial charge >= 0.3 is 5.97 Å². The zero-order valence-electron chi connectivity index (χ0n) is 15.0. The van der Waals surface area contributed by atoms with Crippen LogP contribution < -0.4 is 0 Å². The van der Waals surface area contributed by atoms with Crippen LogP contribution in [-0.2, 0) is 11.3 Å². The Bertz CT molecular complexity index is 974. The number of likely N-dealkylation sites (tertiary alicyclic amines) is 1. The van der Waals surface area contributed by atoms with Gasteiger partial charge < -0.3 is 10.0 Å². The molecule has 10 nitrogen and oxygen atoms in total. The van der Waals surface area contributed by atoms with Crippen LogP contribution in [0.25, 0.3) is 11.4 Å². The van der Waals surface area contributed by atoms with Crippen molar-refractivity contribution in [1.82, 2.24) is 35.1 Å². The quantitative estimate of drug-likeness (QED) is 0.678. The number of carbonyl (C=O) groups is 2. The summed E-state index contributed by atoms with van der Waals surface area (Å²) in [6, 6.07) is 9.78. The van der Waals surface area contributed by atoms with Gasteiger partial charge in [0.15, 0.2) is 11.5 Å². The number of hydrogen-bond donors (Lipinski definition) is 2. The number of rotatable bonds is 5. The van der Waals surface area contributed by atoms with E-state index in [4.69, 9.17) is 5.11 Å². The fraction of sp³-hybridized carbons (Fsp3) is 0.333. The van der Waals surface area contributed by atoms with Crippen LogP contribution in [0, 0.1) is 0 Å². The van der Waals surface area contributed by atoms with Crippen molar-refractivity contribution in [2.24, 2.45) is 0 Å². The predicted octanol–water partition coefficient (Wildman–Crippen LogP) is 1.17. The number of amides is 1. The second kappa shape index (κ2) is 7.59. The van der Waals surface area contributed by atoms with Crippen molar-refractivity contribution in [2.75, 3.05) is 13.1 Å². The standard InChI is InChI=1S/C18H19N7O3/c26-15(11-25-10-14(18(27)28)20-23-25)24-8-6-13(7-9-24)17-19-16(21-22-17)12-4-2-1-3-5-12/h1-5,10,13H,6-9,11H2,(H,27,28)(H,19,21,22). The minimum Gasteiger partial charge on any atom is -0.476 e. The van der Waals surface area contributed by atoms with Gasteiger partial charge in [0.1, 0.15) is 12.4 Å². The highest BCUT2D eigenvalue weighted by molar-refractivity contribution is 5.84. The summed E-state index contributed by atoms with van der Waals surface area (Å²) >= 11 is 0. The third kappa shape index (κ3) is 3.75. The van der Waals surface area contributed by atoms with Crippen LogP contribution in [0.3, 0.4) is 0 Å². The van der Waals surface area contributed by atoms with Crippen LogP contribution in [0.15, 0.2) is 36.5 Å². The lowest BCUT2D eigenvalue weighted by Gasteiger charge is -2.30. The normalized spacial score (nSPS) is 14.9.